The normalized spacial score (nSPS) is 19.7. The lowest BCUT2D eigenvalue weighted by atomic mass is 9.77. The van der Waals surface area contributed by atoms with E-state index in [1.807, 2.05) is 19.1 Å². The molecule has 1 amide bonds. The predicted octanol–water partition coefficient (Wildman–Crippen LogP) is 3.79. The summed E-state index contributed by atoms with van der Waals surface area (Å²) in [5.74, 6) is -1.47. The lowest BCUT2D eigenvalue weighted by Gasteiger charge is -2.39. The number of esters is 1. The van der Waals surface area contributed by atoms with E-state index in [1.54, 1.807) is 11.0 Å². The number of fused-ring (bicyclic) bond motifs is 2. The first-order valence-corrected chi connectivity index (χ1v) is 12.4. The molecule has 37 heavy (non-hydrogen) atoms. The molecule has 0 radical (unpaired) electrons. The summed E-state index contributed by atoms with van der Waals surface area (Å²) in [4.78, 5) is 32.3. The minimum atomic E-state index is -4.62. The summed E-state index contributed by atoms with van der Waals surface area (Å²) < 4.78 is 45.2. The van der Waals surface area contributed by atoms with E-state index in [0.717, 1.165) is 54.5 Å². The van der Waals surface area contributed by atoms with Crippen LogP contribution in [0.4, 0.5) is 18.9 Å². The Balaban J connectivity index is 1.09. The number of carbonyl (C=O) groups excluding carboxylic acids is 2. The van der Waals surface area contributed by atoms with Gasteiger partial charge in [-0.1, -0.05) is 6.07 Å². The lowest BCUT2D eigenvalue weighted by Crippen LogP contribution is -2.42. The molecule has 1 aromatic carbocycles. The molecule has 11 heteroatoms. The number of piperidine rings is 1. The van der Waals surface area contributed by atoms with Gasteiger partial charge in [-0.05, 0) is 74.0 Å². The van der Waals surface area contributed by atoms with Crippen LogP contribution in [0, 0.1) is 12.3 Å². The molecule has 0 atom stereocenters. The number of likely N-dealkylation sites (tertiary alicyclic amines) is 1. The molecular formula is C26H26F3N5O3. The van der Waals surface area contributed by atoms with Gasteiger partial charge in [-0.3, -0.25) is 4.79 Å². The van der Waals surface area contributed by atoms with E-state index >= 15 is 0 Å². The van der Waals surface area contributed by atoms with Gasteiger partial charge in [-0.25, -0.2) is 14.3 Å². The number of carbonyl (C=O) groups is 2. The van der Waals surface area contributed by atoms with Crippen molar-refractivity contribution >= 4 is 23.2 Å². The maximum Gasteiger partial charge on any atom is 0.453 e. The summed E-state index contributed by atoms with van der Waals surface area (Å²) in [6, 6.07) is 6.97. The molecule has 0 N–H and O–H groups in total. The summed E-state index contributed by atoms with van der Waals surface area (Å²) in [7, 11) is 0. The Hall–Kier alpha value is -3.47. The highest BCUT2D eigenvalue weighted by molar-refractivity contribution is 5.96. The van der Waals surface area contributed by atoms with Crippen molar-refractivity contribution in [3.63, 3.8) is 0 Å². The number of rotatable bonds is 4. The van der Waals surface area contributed by atoms with Crippen LogP contribution in [-0.4, -0.2) is 57.6 Å². The van der Waals surface area contributed by atoms with Crippen molar-refractivity contribution in [3.05, 3.63) is 58.5 Å². The first-order chi connectivity index (χ1) is 17.6. The average molecular weight is 514 g/mol. The fourth-order valence-corrected chi connectivity index (χ4v) is 5.82. The molecule has 3 aliphatic heterocycles. The number of alkyl halides is 3. The number of nitrogens with zero attached hydrogens (tertiary/aromatic N) is 5. The van der Waals surface area contributed by atoms with Crippen molar-refractivity contribution < 1.29 is 27.5 Å². The number of ether oxygens (including phenoxy) is 1. The van der Waals surface area contributed by atoms with Crippen LogP contribution in [0.3, 0.4) is 0 Å². The van der Waals surface area contributed by atoms with Crippen molar-refractivity contribution in [1.29, 1.82) is 0 Å². The minimum Gasteiger partial charge on any atom is -0.457 e. The maximum absolute atomic E-state index is 13.0. The molecule has 6 rings (SSSR count). The number of hydrogen-bond acceptors (Lipinski definition) is 6. The highest BCUT2D eigenvalue weighted by Gasteiger charge is 2.45. The highest BCUT2D eigenvalue weighted by atomic mass is 19.4. The fourth-order valence-electron chi connectivity index (χ4n) is 5.82. The van der Waals surface area contributed by atoms with E-state index in [4.69, 9.17) is 4.74 Å². The molecule has 5 heterocycles. The molecule has 0 unspecified atom stereocenters. The third kappa shape index (κ3) is 4.24. The molecule has 1 spiro atoms. The van der Waals surface area contributed by atoms with Crippen LogP contribution < -0.4 is 4.90 Å². The minimum absolute atomic E-state index is 0.0190. The Morgan fingerprint density at radius 1 is 1.11 bits per heavy atom. The number of halogens is 3. The number of pyridine rings is 1. The predicted molar refractivity (Wildman–Crippen MR) is 127 cm³/mol. The average Bonchev–Trinajstić information content (AvgIpc) is 3.55. The van der Waals surface area contributed by atoms with Crippen LogP contribution in [0.25, 0.3) is 5.65 Å². The number of hydrogen-bond donors (Lipinski definition) is 0. The standard InChI is InChI=1S/C26H26F3N5O3/c1-16-17(2-4-19-20(16)14-37-23(19)36)6-9-32-10-7-25(8-11-32)12-22(35)33(15-25)18-3-5-21-30-24(26(27,28)29)31-34(21)13-18/h2-5,13H,6-12,14-15H2,1H3. The molecular weight excluding hydrogens is 487 g/mol. The second-order valence-electron chi connectivity index (χ2n) is 10.3. The Bertz CT molecular complexity index is 1410. The number of anilines is 1. The topological polar surface area (TPSA) is 80.0 Å². The Morgan fingerprint density at radius 3 is 2.65 bits per heavy atom. The van der Waals surface area contributed by atoms with Crippen LogP contribution in [0.15, 0.2) is 30.5 Å². The number of benzene rings is 1. The summed E-state index contributed by atoms with van der Waals surface area (Å²) in [6.07, 6.45) is -0.109. The monoisotopic (exact) mass is 513 g/mol. The third-order valence-corrected chi connectivity index (χ3v) is 8.09. The van der Waals surface area contributed by atoms with Gasteiger partial charge >= 0.3 is 12.1 Å². The molecule has 0 aliphatic carbocycles. The summed E-state index contributed by atoms with van der Waals surface area (Å²) >= 11 is 0. The number of aromatic nitrogens is 3. The van der Waals surface area contributed by atoms with E-state index in [0.29, 0.717) is 30.8 Å². The molecule has 3 aliphatic rings. The zero-order valence-electron chi connectivity index (χ0n) is 20.3. The van der Waals surface area contributed by atoms with E-state index < -0.39 is 12.0 Å². The quantitative estimate of drug-likeness (QED) is 0.494. The second kappa shape index (κ2) is 8.54. The number of cyclic esters (lactones) is 1. The molecule has 2 saturated heterocycles. The van der Waals surface area contributed by atoms with E-state index in [9.17, 15) is 22.8 Å². The molecule has 2 aromatic heterocycles. The van der Waals surface area contributed by atoms with Crippen molar-refractivity contribution in [1.82, 2.24) is 19.5 Å². The third-order valence-electron chi connectivity index (χ3n) is 8.09. The van der Waals surface area contributed by atoms with E-state index in [2.05, 4.69) is 15.0 Å². The van der Waals surface area contributed by atoms with Gasteiger partial charge < -0.3 is 14.5 Å². The zero-order valence-corrected chi connectivity index (χ0v) is 20.3. The zero-order chi connectivity index (χ0) is 25.9. The van der Waals surface area contributed by atoms with Gasteiger partial charge in [0.05, 0.1) is 17.4 Å². The fraction of sp³-hybridized carbons (Fsp3) is 0.462. The largest absolute Gasteiger partial charge is 0.457 e. The van der Waals surface area contributed by atoms with Crippen molar-refractivity contribution in [3.8, 4) is 0 Å². The summed E-state index contributed by atoms with van der Waals surface area (Å²) in [6.45, 7) is 5.59. The molecule has 2 fully saturated rings. The lowest BCUT2D eigenvalue weighted by molar-refractivity contribution is -0.144. The van der Waals surface area contributed by atoms with Gasteiger partial charge in [-0.2, -0.15) is 13.2 Å². The van der Waals surface area contributed by atoms with Crippen LogP contribution in [0.1, 0.15) is 52.1 Å². The van der Waals surface area contributed by atoms with Gasteiger partial charge in [0.25, 0.3) is 5.82 Å². The van der Waals surface area contributed by atoms with Gasteiger partial charge in [0, 0.05) is 25.1 Å². The Labute approximate surface area is 211 Å². The van der Waals surface area contributed by atoms with Gasteiger partial charge in [-0.15, -0.1) is 5.10 Å². The van der Waals surface area contributed by atoms with Crippen LogP contribution in [0.5, 0.6) is 0 Å². The first kappa shape index (κ1) is 23.9. The van der Waals surface area contributed by atoms with E-state index in [-0.39, 0.29) is 22.9 Å². The van der Waals surface area contributed by atoms with Crippen LogP contribution in [0.2, 0.25) is 0 Å². The highest BCUT2D eigenvalue weighted by Crippen LogP contribution is 2.42. The number of amides is 1. The smallest absolute Gasteiger partial charge is 0.453 e. The molecule has 0 saturated carbocycles. The Morgan fingerprint density at radius 2 is 1.89 bits per heavy atom. The SMILES string of the molecule is Cc1c(CCN2CCC3(CC2)CC(=O)N(c2ccc4nc(C(F)(F)F)nn4c2)C3)ccc2c1COC2=O. The molecule has 3 aromatic rings. The Kier molecular flexibility index (Phi) is 5.52. The molecule has 0 bridgehead atoms. The molecule has 194 valence electrons. The van der Waals surface area contributed by atoms with Gasteiger partial charge in [0.1, 0.15) is 6.61 Å². The molecule has 8 nitrogen and oxygen atoms in total. The second-order valence-corrected chi connectivity index (χ2v) is 10.3. The first-order valence-electron chi connectivity index (χ1n) is 12.4. The summed E-state index contributed by atoms with van der Waals surface area (Å²) in [5, 5.41) is 3.54. The van der Waals surface area contributed by atoms with Crippen LogP contribution >= 0.6 is 0 Å². The van der Waals surface area contributed by atoms with Crippen LogP contribution in [-0.2, 0) is 28.7 Å². The van der Waals surface area contributed by atoms with Crippen molar-refractivity contribution in [2.24, 2.45) is 5.41 Å². The van der Waals surface area contributed by atoms with Gasteiger partial charge in [0.15, 0.2) is 5.65 Å². The van der Waals surface area contributed by atoms with E-state index in [1.165, 1.54) is 17.8 Å². The van der Waals surface area contributed by atoms with Gasteiger partial charge in [0.2, 0.25) is 5.91 Å². The van der Waals surface area contributed by atoms with Crippen molar-refractivity contribution in [2.45, 2.75) is 45.4 Å². The van der Waals surface area contributed by atoms with Crippen molar-refractivity contribution in [2.75, 3.05) is 31.1 Å². The summed E-state index contributed by atoms with van der Waals surface area (Å²) in [5.41, 5.74) is 4.48. The maximum atomic E-state index is 13.0.